The quantitative estimate of drug-likeness (QED) is 0.911. The second-order valence-electron chi connectivity index (χ2n) is 7.60. The topological polar surface area (TPSA) is 46.3 Å². The molecule has 2 aromatic carbocycles. The van der Waals surface area contributed by atoms with Gasteiger partial charge in [0.25, 0.3) is 0 Å². The van der Waals surface area contributed by atoms with Crippen LogP contribution in [0.15, 0.2) is 48.5 Å². The molecule has 2 N–H and O–H groups in total. The first-order valence-electron chi connectivity index (χ1n) is 9.53. The molecule has 1 saturated heterocycles. The highest BCUT2D eigenvalue weighted by molar-refractivity contribution is 5.80. The predicted octanol–water partition coefficient (Wildman–Crippen LogP) is 3.76. The lowest BCUT2D eigenvalue weighted by atomic mass is 9.84. The lowest BCUT2D eigenvalue weighted by Crippen LogP contribution is -2.47. The Morgan fingerprint density at radius 3 is 2.54 bits per heavy atom. The van der Waals surface area contributed by atoms with E-state index in [0.717, 1.165) is 48.9 Å². The molecule has 2 aromatic rings. The summed E-state index contributed by atoms with van der Waals surface area (Å²) in [6.07, 6.45) is 4.57. The average molecular weight is 352 g/mol. The molecule has 0 radical (unpaired) electrons. The molecule has 26 heavy (non-hydrogen) atoms. The largest absolute Gasteiger partial charge is 0.338 e. The number of carbonyl (C=O) groups excluding carboxylic acids is 1. The summed E-state index contributed by atoms with van der Waals surface area (Å²) in [5.41, 5.74) is 9.07. The molecule has 2 fully saturated rings. The van der Waals surface area contributed by atoms with Crippen molar-refractivity contribution in [3.8, 4) is 11.1 Å². The SMILES string of the molecule is NC1CCN(C(=O)C2CCC2)C1Cc1cc(F)cc(-c2ccccc2)c1. The van der Waals surface area contributed by atoms with Gasteiger partial charge in [0.2, 0.25) is 5.91 Å². The Bertz CT molecular complexity index is 788. The molecule has 1 amide bonds. The van der Waals surface area contributed by atoms with Crippen molar-refractivity contribution in [3.05, 3.63) is 59.9 Å². The molecule has 136 valence electrons. The Hall–Kier alpha value is -2.20. The van der Waals surface area contributed by atoms with Gasteiger partial charge in [-0.25, -0.2) is 4.39 Å². The maximum atomic E-state index is 14.2. The lowest BCUT2D eigenvalue weighted by molar-refractivity contribution is -0.139. The molecule has 2 aliphatic rings. The van der Waals surface area contributed by atoms with Crippen LogP contribution >= 0.6 is 0 Å². The van der Waals surface area contributed by atoms with Crippen molar-refractivity contribution in [2.24, 2.45) is 11.7 Å². The number of halogens is 1. The zero-order chi connectivity index (χ0) is 18.1. The minimum Gasteiger partial charge on any atom is -0.338 e. The third-order valence-corrected chi connectivity index (χ3v) is 5.84. The van der Waals surface area contributed by atoms with Crippen LogP contribution in [0.25, 0.3) is 11.1 Å². The Morgan fingerprint density at radius 2 is 1.85 bits per heavy atom. The number of nitrogens with two attached hydrogens (primary N) is 1. The molecule has 0 bridgehead atoms. The minimum atomic E-state index is -0.246. The van der Waals surface area contributed by atoms with E-state index in [2.05, 4.69) is 0 Å². The van der Waals surface area contributed by atoms with Crippen molar-refractivity contribution < 1.29 is 9.18 Å². The van der Waals surface area contributed by atoms with E-state index in [1.54, 1.807) is 12.1 Å². The van der Waals surface area contributed by atoms with E-state index < -0.39 is 0 Å². The molecule has 2 unspecified atom stereocenters. The molecule has 3 nitrogen and oxygen atoms in total. The molecule has 0 spiro atoms. The number of hydrogen-bond donors (Lipinski definition) is 1. The van der Waals surface area contributed by atoms with Crippen LogP contribution in [-0.4, -0.2) is 29.4 Å². The third-order valence-electron chi connectivity index (χ3n) is 5.84. The molecule has 1 saturated carbocycles. The van der Waals surface area contributed by atoms with Crippen LogP contribution in [0, 0.1) is 11.7 Å². The highest BCUT2D eigenvalue weighted by Gasteiger charge is 2.39. The van der Waals surface area contributed by atoms with Crippen LogP contribution in [0.3, 0.4) is 0 Å². The van der Waals surface area contributed by atoms with Gasteiger partial charge in [0, 0.05) is 18.5 Å². The van der Waals surface area contributed by atoms with Crippen LogP contribution in [0.5, 0.6) is 0 Å². The fraction of sp³-hybridized carbons (Fsp3) is 0.409. The smallest absolute Gasteiger partial charge is 0.225 e. The van der Waals surface area contributed by atoms with E-state index in [-0.39, 0.29) is 29.7 Å². The van der Waals surface area contributed by atoms with E-state index >= 15 is 0 Å². The first-order chi connectivity index (χ1) is 12.6. The normalized spacial score (nSPS) is 23.1. The number of amides is 1. The molecule has 1 aliphatic heterocycles. The summed E-state index contributed by atoms with van der Waals surface area (Å²) in [6, 6.07) is 14.9. The van der Waals surface area contributed by atoms with Gasteiger partial charge in [0.1, 0.15) is 5.82 Å². The van der Waals surface area contributed by atoms with Crippen LogP contribution < -0.4 is 5.73 Å². The number of hydrogen-bond acceptors (Lipinski definition) is 2. The number of likely N-dealkylation sites (tertiary alicyclic amines) is 1. The van der Waals surface area contributed by atoms with Gasteiger partial charge in [-0.3, -0.25) is 4.79 Å². The van der Waals surface area contributed by atoms with Gasteiger partial charge in [-0.15, -0.1) is 0 Å². The number of rotatable bonds is 4. The van der Waals surface area contributed by atoms with E-state index in [9.17, 15) is 9.18 Å². The second-order valence-corrected chi connectivity index (χ2v) is 7.60. The summed E-state index contributed by atoms with van der Waals surface area (Å²) in [5.74, 6) is 0.175. The van der Waals surface area contributed by atoms with Gasteiger partial charge in [0.05, 0.1) is 6.04 Å². The first kappa shape index (κ1) is 17.2. The third kappa shape index (κ3) is 3.38. The van der Waals surface area contributed by atoms with Crippen molar-refractivity contribution in [1.82, 2.24) is 4.90 Å². The van der Waals surface area contributed by atoms with E-state index in [1.165, 1.54) is 0 Å². The Labute approximate surface area is 154 Å². The fourth-order valence-corrected chi connectivity index (χ4v) is 4.11. The fourth-order valence-electron chi connectivity index (χ4n) is 4.11. The predicted molar refractivity (Wildman–Crippen MR) is 101 cm³/mol. The van der Waals surface area contributed by atoms with Crippen molar-refractivity contribution in [2.45, 2.75) is 44.2 Å². The average Bonchev–Trinajstić information content (AvgIpc) is 2.94. The zero-order valence-corrected chi connectivity index (χ0v) is 14.9. The monoisotopic (exact) mass is 352 g/mol. The van der Waals surface area contributed by atoms with Gasteiger partial charge < -0.3 is 10.6 Å². The highest BCUT2D eigenvalue weighted by Crippen LogP contribution is 2.32. The summed E-state index contributed by atoms with van der Waals surface area (Å²) in [6.45, 7) is 0.724. The molecule has 1 aliphatic carbocycles. The van der Waals surface area contributed by atoms with E-state index in [1.807, 2.05) is 41.3 Å². The molecular formula is C22H25FN2O. The van der Waals surface area contributed by atoms with Gasteiger partial charge >= 0.3 is 0 Å². The second kappa shape index (κ2) is 7.20. The van der Waals surface area contributed by atoms with Gasteiger partial charge in [-0.05, 0) is 54.5 Å². The molecule has 1 heterocycles. The summed E-state index contributed by atoms with van der Waals surface area (Å²) in [4.78, 5) is 14.7. The maximum absolute atomic E-state index is 14.2. The van der Waals surface area contributed by atoms with Crippen molar-refractivity contribution in [3.63, 3.8) is 0 Å². The maximum Gasteiger partial charge on any atom is 0.225 e. The van der Waals surface area contributed by atoms with E-state index in [0.29, 0.717) is 6.42 Å². The van der Waals surface area contributed by atoms with Crippen LogP contribution in [0.1, 0.15) is 31.2 Å². The Kier molecular flexibility index (Phi) is 4.77. The summed E-state index contributed by atoms with van der Waals surface area (Å²) in [7, 11) is 0. The molecular weight excluding hydrogens is 327 g/mol. The molecule has 2 atom stereocenters. The van der Waals surface area contributed by atoms with E-state index in [4.69, 9.17) is 5.73 Å². The molecule has 4 rings (SSSR count). The van der Waals surface area contributed by atoms with Gasteiger partial charge in [0.15, 0.2) is 0 Å². The summed E-state index contributed by atoms with van der Waals surface area (Å²) in [5, 5.41) is 0. The lowest BCUT2D eigenvalue weighted by Gasteiger charge is -2.34. The van der Waals surface area contributed by atoms with Gasteiger partial charge in [-0.2, -0.15) is 0 Å². The molecule has 0 aromatic heterocycles. The van der Waals surface area contributed by atoms with Crippen LogP contribution in [0.4, 0.5) is 4.39 Å². The standard InChI is InChI=1S/C22H25FN2O/c23-19-12-15(11-18(14-19)16-5-2-1-3-6-16)13-21-20(24)9-10-25(21)22(26)17-7-4-8-17/h1-3,5-6,11-12,14,17,20-21H,4,7-10,13,24H2. The first-order valence-corrected chi connectivity index (χ1v) is 9.53. The summed E-state index contributed by atoms with van der Waals surface area (Å²) >= 11 is 0. The van der Waals surface area contributed by atoms with Crippen LogP contribution in [0.2, 0.25) is 0 Å². The summed E-state index contributed by atoms with van der Waals surface area (Å²) < 4.78 is 14.2. The van der Waals surface area contributed by atoms with Crippen LogP contribution in [-0.2, 0) is 11.2 Å². The van der Waals surface area contributed by atoms with Crippen molar-refractivity contribution in [1.29, 1.82) is 0 Å². The zero-order valence-electron chi connectivity index (χ0n) is 14.9. The number of benzene rings is 2. The van der Waals surface area contributed by atoms with Crippen molar-refractivity contribution in [2.75, 3.05) is 6.54 Å². The van der Waals surface area contributed by atoms with Gasteiger partial charge in [-0.1, -0.05) is 42.8 Å². The molecule has 4 heteroatoms. The Morgan fingerprint density at radius 1 is 1.08 bits per heavy atom. The minimum absolute atomic E-state index is 0.0338. The Balaban J connectivity index is 1.57. The number of carbonyl (C=O) groups is 1. The van der Waals surface area contributed by atoms with Crippen molar-refractivity contribution >= 4 is 5.91 Å². The highest BCUT2D eigenvalue weighted by atomic mass is 19.1. The number of nitrogens with zero attached hydrogens (tertiary/aromatic N) is 1.